The molecule has 4 rings (SSSR count). The largest absolute Gasteiger partial charge is 0.573 e. The molecule has 0 fully saturated rings. The average molecular weight is 475 g/mol. The molecule has 170 valence electrons. The Morgan fingerprint density at radius 2 is 1.88 bits per heavy atom. The minimum Gasteiger partial charge on any atom is -0.406 e. The van der Waals surface area contributed by atoms with E-state index >= 15 is 0 Å². The third-order valence-corrected chi connectivity index (χ3v) is 5.42. The van der Waals surface area contributed by atoms with Crippen LogP contribution in [-0.4, -0.2) is 37.2 Å². The van der Waals surface area contributed by atoms with Gasteiger partial charge in [0.15, 0.2) is 5.16 Å². The van der Waals surface area contributed by atoms with Crippen LogP contribution in [0.2, 0.25) is 0 Å². The molecule has 2 heterocycles. The van der Waals surface area contributed by atoms with Gasteiger partial charge in [0.25, 0.3) is 5.56 Å². The van der Waals surface area contributed by atoms with E-state index in [1.165, 1.54) is 16.7 Å². The molecule has 1 amide bonds. The summed E-state index contributed by atoms with van der Waals surface area (Å²) in [6.07, 6.45) is -3.21. The maximum Gasteiger partial charge on any atom is 0.573 e. The standard InChI is InChI=1S/C21H16F3N5O3S/c1-2-11-28-18(31)15-5-3-4-6-16(15)29-19(28)26-27-20(29)33-12-17(30)25-13-7-9-14(10-8-13)32-21(22,23)24/h2-10H,1,11-12H2,(H,25,30). The number of nitrogens with zero attached hydrogens (tertiary/aromatic N) is 4. The van der Waals surface area contributed by atoms with E-state index in [-0.39, 0.29) is 23.6 Å². The fraction of sp³-hybridized carbons (Fsp3) is 0.143. The van der Waals surface area contributed by atoms with Crippen molar-refractivity contribution in [3.05, 3.63) is 71.5 Å². The molecular weight excluding hydrogens is 459 g/mol. The first-order valence-corrected chi connectivity index (χ1v) is 10.5. The molecule has 0 bridgehead atoms. The summed E-state index contributed by atoms with van der Waals surface area (Å²) in [4.78, 5) is 25.2. The molecule has 2 aromatic carbocycles. The van der Waals surface area contributed by atoms with Gasteiger partial charge in [-0.2, -0.15) is 0 Å². The van der Waals surface area contributed by atoms with E-state index in [0.717, 1.165) is 23.9 Å². The van der Waals surface area contributed by atoms with Crippen LogP contribution < -0.4 is 15.6 Å². The summed E-state index contributed by atoms with van der Waals surface area (Å²) in [6.45, 7) is 3.91. The van der Waals surface area contributed by atoms with Crippen LogP contribution in [0.1, 0.15) is 0 Å². The lowest BCUT2D eigenvalue weighted by molar-refractivity contribution is -0.274. The third kappa shape index (κ3) is 4.85. The van der Waals surface area contributed by atoms with Gasteiger partial charge in [-0.1, -0.05) is 30.0 Å². The minimum atomic E-state index is -4.79. The van der Waals surface area contributed by atoms with Crippen molar-refractivity contribution >= 4 is 40.0 Å². The number of nitrogens with one attached hydrogen (secondary N) is 1. The fourth-order valence-corrected chi connectivity index (χ4v) is 3.93. The Hall–Kier alpha value is -3.80. The lowest BCUT2D eigenvalue weighted by Crippen LogP contribution is -2.22. The van der Waals surface area contributed by atoms with E-state index in [0.29, 0.717) is 27.5 Å². The zero-order valence-electron chi connectivity index (χ0n) is 16.9. The van der Waals surface area contributed by atoms with E-state index < -0.39 is 12.3 Å². The molecule has 0 aliphatic heterocycles. The van der Waals surface area contributed by atoms with E-state index in [2.05, 4.69) is 26.8 Å². The van der Waals surface area contributed by atoms with Gasteiger partial charge in [0, 0.05) is 12.2 Å². The summed E-state index contributed by atoms with van der Waals surface area (Å²) in [5.41, 5.74) is 0.690. The zero-order chi connectivity index (χ0) is 23.6. The second-order valence-corrected chi connectivity index (χ2v) is 7.69. The normalized spacial score (nSPS) is 11.6. The minimum absolute atomic E-state index is 0.0451. The Labute approximate surface area is 188 Å². The molecule has 0 unspecified atom stereocenters. The molecule has 0 saturated carbocycles. The first-order valence-electron chi connectivity index (χ1n) is 9.53. The summed E-state index contributed by atoms with van der Waals surface area (Å²) in [7, 11) is 0. The lowest BCUT2D eigenvalue weighted by atomic mass is 10.2. The number of hydrogen-bond acceptors (Lipinski definition) is 6. The van der Waals surface area contributed by atoms with Crippen molar-refractivity contribution in [2.75, 3.05) is 11.1 Å². The molecule has 0 radical (unpaired) electrons. The van der Waals surface area contributed by atoms with Crippen LogP contribution in [0.4, 0.5) is 18.9 Å². The molecular formula is C21H16F3N5O3S. The van der Waals surface area contributed by atoms with Crippen molar-refractivity contribution in [1.29, 1.82) is 0 Å². The van der Waals surface area contributed by atoms with E-state index in [9.17, 15) is 22.8 Å². The molecule has 1 N–H and O–H groups in total. The third-order valence-electron chi connectivity index (χ3n) is 4.49. The maximum absolute atomic E-state index is 12.8. The van der Waals surface area contributed by atoms with Crippen molar-refractivity contribution in [3.8, 4) is 5.75 Å². The summed E-state index contributed by atoms with van der Waals surface area (Å²) in [5, 5.41) is 11.7. The van der Waals surface area contributed by atoms with Gasteiger partial charge in [0.1, 0.15) is 5.75 Å². The molecule has 0 aliphatic rings. The monoisotopic (exact) mass is 475 g/mol. The van der Waals surface area contributed by atoms with Crippen molar-refractivity contribution in [2.24, 2.45) is 0 Å². The van der Waals surface area contributed by atoms with E-state index in [4.69, 9.17) is 0 Å². The number of ether oxygens (including phenoxy) is 1. The molecule has 0 saturated heterocycles. The van der Waals surface area contributed by atoms with E-state index in [1.807, 2.05) is 0 Å². The summed E-state index contributed by atoms with van der Waals surface area (Å²) in [5.74, 6) is -0.509. The van der Waals surface area contributed by atoms with Crippen LogP contribution in [0, 0.1) is 0 Å². The lowest BCUT2D eigenvalue weighted by Gasteiger charge is -2.10. The van der Waals surface area contributed by atoms with Gasteiger partial charge in [-0.25, -0.2) is 0 Å². The number of alkyl halides is 3. The van der Waals surface area contributed by atoms with Crippen molar-refractivity contribution in [2.45, 2.75) is 18.1 Å². The van der Waals surface area contributed by atoms with Crippen LogP contribution in [0.3, 0.4) is 0 Å². The SMILES string of the molecule is C=CCn1c(=O)c2ccccc2n2c(SCC(=O)Nc3ccc(OC(F)(F)F)cc3)nnc12. The topological polar surface area (TPSA) is 90.5 Å². The van der Waals surface area contributed by atoms with Crippen LogP contribution >= 0.6 is 11.8 Å². The van der Waals surface area contributed by atoms with Gasteiger partial charge in [-0.05, 0) is 36.4 Å². The number of halogens is 3. The second-order valence-electron chi connectivity index (χ2n) is 6.75. The van der Waals surface area contributed by atoms with Gasteiger partial charge < -0.3 is 10.1 Å². The highest BCUT2D eigenvalue weighted by Crippen LogP contribution is 2.25. The van der Waals surface area contributed by atoms with Gasteiger partial charge in [0.2, 0.25) is 11.7 Å². The quantitative estimate of drug-likeness (QED) is 0.323. The van der Waals surface area contributed by atoms with Crippen LogP contribution in [-0.2, 0) is 11.3 Å². The summed E-state index contributed by atoms with van der Waals surface area (Å²) >= 11 is 1.11. The van der Waals surface area contributed by atoms with Crippen LogP contribution in [0.15, 0.2) is 71.1 Å². The Morgan fingerprint density at radius 1 is 1.15 bits per heavy atom. The number of para-hydroxylation sites is 1. The zero-order valence-corrected chi connectivity index (χ0v) is 17.7. The number of rotatable bonds is 7. The van der Waals surface area contributed by atoms with Crippen molar-refractivity contribution in [3.63, 3.8) is 0 Å². The molecule has 0 atom stereocenters. The fourth-order valence-electron chi connectivity index (χ4n) is 3.19. The predicted molar refractivity (Wildman–Crippen MR) is 117 cm³/mol. The highest BCUT2D eigenvalue weighted by atomic mass is 32.2. The molecule has 4 aromatic rings. The molecule has 0 aliphatic carbocycles. The first-order chi connectivity index (χ1) is 15.8. The number of carbonyl (C=O) groups excluding carboxylic acids is 1. The van der Waals surface area contributed by atoms with Crippen LogP contribution in [0.25, 0.3) is 16.7 Å². The van der Waals surface area contributed by atoms with Gasteiger partial charge >= 0.3 is 6.36 Å². The maximum atomic E-state index is 12.8. The Kier molecular flexibility index (Phi) is 6.09. The molecule has 0 spiro atoms. The molecule has 12 heteroatoms. The van der Waals surface area contributed by atoms with E-state index in [1.54, 1.807) is 34.7 Å². The number of allylic oxidation sites excluding steroid dienone is 1. The summed E-state index contributed by atoms with van der Waals surface area (Å²) in [6, 6.07) is 11.8. The molecule has 33 heavy (non-hydrogen) atoms. The number of hydrogen-bond donors (Lipinski definition) is 1. The Bertz CT molecular complexity index is 1400. The second kappa shape index (κ2) is 8.98. The van der Waals surface area contributed by atoms with Gasteiger partial charge in [0.05, 0.1) is 16.7 Å². The van der Waals surface area contributed by atoms with Gasteiger partial charge in [-0.3, -0.25) is 18.6 Å². The van der Waals surface area contributed by atoms with Crippen LogP contribution in [0.5, 0.6) is 5.75 Å². The predicted octanol–water partition coefficient (Wildman–Crippen LogP) is 3.86. The highest BCUT2D eigenvalue weighted by Gasteiger charge is 2.31. The molecule has 2 aromatic heterocycles. The number of fused-ring (bicyclic) bond motifs is 3. The number of benzene rings is 2. The Morgan fingerprint density at radius 3 is 2.58 bits per heavy atom. The number of carbonyl (C=O) groups is 1. The molecule has 8 nitrogen and oxygen atoms in total. The highest BCUT2D eigenvalue weighted by molar-refractivity contribution is 7.99. The average Bonchev–Trinajstić information content (AvgIpc) is 3.19. The van der Waals surface area contributed by atoms with Gasteiger partial charge in [-0.15, -0.1) is 29.9 Å². The number of anilines is 1. The Balaban J connectivity index is 1.53. The number of aromatic nitrogens is 4. The number of thioether (sulfide) groups is 1. The number of amides is 1. The van der Waals surface area contributed by atoms with Crippen molar-refractivity contribution < 1.29 is 22.7 Å². The smallest absolute Gasteiger partial charge is 0.406 e. The first kappa shape index (κ1) is 22.4. The summed E-state index contributed by atoms with van der Waals surface area (Å²) < 4.78 is 43.7. The van der Waals surface area contributed by atoms with Crippen molar-refractivity contribution in [1.82, 2.24) is 19.2 Å².